The second-order valence-corrected chi connectivity index (χ2v) is 3.06. The van der Waals surface area contributed by atoms with Crippen LogP contribution in [0.3, 0.4) is 0 Å². The molecule has 0 amide bonds. The molecule has 1 aromatic heterocycles. The Morgan fingerprint density at radius 2 is 2.64 bits per heavy atom. The molecule has 0 fully saturated rings. The molecule has 1 aliphatic rings. The second-order valence-electron chi connectivity index (χ2n) is 2.07. The maximum atomic E-state index is 4.24. The summed E-state index contributed by atoms with van der Waals surface area (Å²) in [6.45, 7) is 0. The first kappa shape index (κ1) is 6.67. The van der Waals surface area contributed by atoms with E-state index in [2.05, 4.69) is 15.0 Å². The lowest BCUT2D eigenvalue weighted by atomic mass is 10.6. The van der Waals surface area contributed by atoms with E-state index in [1.54, 1.807) is 11.8 Å². The molecule has 0 aliphatic carbocycles. The maximum Gasteiger partial charge on any atom is 0.189 e. The van der Waals surface area contributed by atoms with Gasteiger partial charge >= 0.3 is 0 Å². The Morgan fingerprint density at radius 1 is 1.64 bits per heavy atom. The Morgan fingerprint density at radius 3 is 3.27 bits per heavy atom. The molecule has 0 spiro atoms. The highest BCUT2D eigenvalue weighted by Crippen LogP contribution is 2.15. The highest BCUT2D eigenvalue weighted by Gasteiger charge is 2.02. The summed E-state index contributed by atoms with van der Waals surface area (Å²) in [7, 11) is 0. The minimum atomic E-state index is 0.840. The van der Waals surface area contributed by atoms with Gasteiger partial charge in [0.1, 0.15) is 5.82 Å². The van der Waals surface area contributed by atoms with Gasteiger partial charge in [-0.05, 0) is 12.1 Å². The van der Waals surface area contributed by atoms with E-state index in [0.717, 1.165) is 16.7 Å². The fourth-order valence-corrected chi connectivity index (χ4v) is 1.43. The molecule has 0 unspecified atom stereocenters. The van der Waals surface area contributed by atoms with Gasteiger partial charge in [-0.25, -0.2) is 9.98 Å². The predicted molar refractivity (Wildman–Crippen MR) is 48.8 cm³/mol. The molecule has 0 saturated carbocycles. The van der Waals surface area contributed by atoms with Crippen LogP contribution in [0.1, 0.15) is 0 Å². The highest BCUT2D eigenvalue weighted by atomic mass is 32.2. The fourth-order valence-electron chi connectivity index (χ4n) is 0.819. The van der Waals surface area contributed by atoms with E-state index in [1.165, 1.54) is 0 Å². The van der Waals surface area contributed by atoms with E-state index in [4.69, 9.17) is 0 Å². The molecular formula is C7H7N3S. The van der Waals surface area contributed by atoms with Crippen molar-refractivity contribution in [3.8, 4) is 0 Å². The first-order valence-electron chi connectivity index (χ1n) is 3.32. The lowest BCUT2D eigenvalue weighted by molar-refractivity contribution is 1.34. The van der Waals surface area contributed by atoms with Gasteiger partial charge in [0.15, 0.2) is 5.17 Å². The number of aromatic nitrogens is 1. The minimum absolute atomic E-state index is 0.840. The van der Waals surface area contributed by atoms with E-state index in [1.807, 2.05) is 24.5 Å². The standard InChI is InChI=1S/C7H7N3S/c1-2-6(8-3-1)10-7-9-4-5-11-7/h1-4,8H,5H2. The van der Waals surface area contributed by atoms with Crippen LogP contribution in [0.4, 0.5) is 5.82 Å². The topological polar surface area (TPSA) is 40.5 Å². The fraction of sp³-hybridized carbons (Fsp3) is 0.143. The van der Waals surface area contributed by atoms with Crippen molar-refractivity contribution in [2.24, 2.45) is 9.98 Å². The van der Waals surface area contributed by atoms with Gasteiger partial charge in [-0.2, -0.15) is 0 Å². The van der Waals surface area contributed by atoms with E-state index < -0.39 is 0 Å². The number of H-pyrrole nitrogens is 1. The normalized spacial score (nSPS) is 19.8. The van der Waals surface area contributed by atoms with E-state index in [0.29, 0.717) is 0 Å². The Bertz CT molecular complexity index is 287. The molecule has 1 aliphatic heterocycles. The summed E-state index contributed by atoms with van der Waals surface area (Å²) >= 11 is 1.65. The van der Waals surface area contributed by atoms with Crippen molar-refractivity contribution in [2.75, 3.05) is 5.75 Å². The Kier molecular flexibility index (Phi) is 1.77. The number of amidine groups is 1. The monoisotopic (exact) mass is 165 g/mol. The lowest BCUT2D eigenvalue weighted by Gasteiger charge is -1.88. The average molecular weight is 165 g/mol. The number of thioether (sulfide) groups is 1. The molecule has 0 saturated heterocycles. The quantitative estimate of drug-likeness (QED) is 0.677. The number of hydrogen-bond donors (Lipinski definition) is 1. The van der Waals surface area contributed by atoms with Crippen LogP contribution in [0.5, 0.6) is 0 Å². The zero-order valence-electron chi connectivity index (χ0n) is 5.82. The minimum Gasteiger partial charge on any atom is -0.347 e. The molecule has 3 nitrogen and oxygen atoms in total. The van der Waals surface area contributed by atoms with Gasteiger partial charge in [-0.3, -0.25) is 0 Å². The molecule has 0 radical (unpaired) electrons. The van der Waals surface area contributed by atoms with Crippen LogP contribution in [-0.2, 0) is 0 Å². The molecule has 11 heavy (non-hydrogen) atoms. The molecule has 4 heteroatoms. The van der Waals surface area contributed by atoms with E-state index in [-0.39, 0.29) is 0 Å². The second kappa shape index (κ2) is 2.92. The van der Waals surface area contributed by atoms with Crippen molar-refractivity contribution in [3.05, 3.63) is 18.3 Å². The van der Waals surface area contributed by atoms with Gasteiger partial charge in [0, 0.05) is 18.2 Å². The third-order valence-corrected chi connectivity index (χ3v) is 2.06. The molecule has 1 N–H and O–H groups in total. The van der Waals surface area contributed by atoms with Crippen LogP contribution >= 0.6 is 11.8 Å². The first-order valence-corrected chi connectivity index (χ1v) is 4.31. The van der Waals surface area contributed by atoms with Gasteiger partial charge in [-0.15, -0.1) is 0 Å². The zero-order valence-corrected chi connectivity index (χ0v) is 6.64. The zero-order chi connectivity index (χ0) is 7.52. The van der Waals surface area contributed by atoms with Crippen LogP contribution in [0.25, 0.3) is 0 Å². The Balaban J connectivity index is 2.20. The van der Waals surface area contributed by atoms with Crippen LogP contribution in [0, 0.1) is 0 Å². The molecule has 0 aromatic carbocycles. The Hall–Kier alpha value is -1.03. The maximum absolute atomic E-state index is 4.24. The van der Waals surface area contributed by atoms with Crippen molar-refractivity contribution >= 4 is 29.0 Å². The Labute approximate surface area is 68.6 Å². The SMILES string of the molecule is C1=NC(=Nc2ccc[nH]2)SC1. The van der Waals surface area contributed by atoms with Gasteiger partial charge < -0.3 is 4.98 Å². The summed E-state index contributed by atoms with van der Waals surface area (Å²) in [6.07, 6.45) is 3.72. The molecule has 0 bridgehead atoms. The van der Waals surface area contributed by atoms with E-state index >= 15 is 0 Å². The van der Waals surface area contributed by atoms with Crippen LogP contribution in [0.15, 0.2) is 28.3 Å². The summed E-state index contributed by atoms with van der Waals surface area (Å²) in [4.78, 5) is 11.3. The summed E-state index contributed by atoms with van der Waals surface area (Å²) in [5.41, 5.74) is 0. The number of hydrogen-bond acceptors (Lipinski definition) is 2. The van der Waals surface area contributed by atoms with Gasteiger partial charge in [-0.1, -0.05) is 11.8 Å². The van der Waals surface area contributed by atoms with Crippen molar-refractivity contribution in [1.82, 2.24) is 4.98 Å². The third-order valence-electron chi connectivity index (χ3n) is 1.29. The number of aliphatic imine (C=N–C) groups is 2. The van der Waals surface area contributed by atoms with Crippen LogP contribution in [-0.4, -0.2) is 22.1 Å². The number of rotatable bonds is 1. The largest absolute Gasteiger partial charge is 0.347 e. The first-order chi connectivity index (χ1) is 5.45. The number of aromatic amines is 1. The van der Waals surface area contributed by atoms with E-state index in [9.17, 15) is 0 Å². The van der Waals surface area contributed by atoms with Gasteiger partial charge in [0.25, 0.3) is 0 Å². The van der Waals surface area contributed by atoms with Crippen molar-refractivity contribution in [2.45, 2.75) is 0 Å². The number of nitrogens with one attached hydrogen (secondary N) is 1. The van der Waals surface area contributed by atoms with Gasteiger partial charge in [0.2, 0.25) is 0 Å². The van der Waals surface area contributed by atoms with Crippen LogP contribution in [0.2, 0.25) is 0 Å². The molecule has 56 valence electrons. The third kappa shape index (κ3) is 1.51. The molecular weight excluding hydrogens is 158 g/mol. The van der Waals surface area contributed by atoms with Crippen molar-refractivity contribution in [3.63, 3.8) is 0 Å². The smallest absolute Gasteiger partial charge is 0.189 e. The highest BCUT2D eigenvalue weighted by molar-refractivity contribution is 8.14. The van der Waals surface area contributed by atoms with Crippen molar-refractivity contribution < 1.29 is 0 Å². The summed E-state index contributed by atoms with van der Waals surface area (Å²) in [5, 5.41) is 0.840. The number of nitrogens with zero attached hydrogens (tertiary/aromatic N) is 2. The summed E-state index contributed by atoms with van der Waals surface area (Å²) < 4.78 is 0. The van der Waals surface area contributed by atoms with Gasteiger partial charge in [0.05, 0.1) is 0 Å². The predicted octanol–water partition coefficient (Wildman–Crippen LogP) is 1.82. The molecule has 2 rings (SSSR count). The van der Waals surface area contributed by atoms with Crippen LogP contribution < -0.4 is 0 Å². The molecule has 0 atom stereocenters. The average Bonchev–Trinajstić information content (AvgIpc) is 2.60. The lowest BCUT2D eigenvalue weighted by Crippen LogP contribution is -1.77. The molecule has 2 heterocycles. The summed E-state index contributed by atoms with van der Waals surface area (Å²) in [5.74, 6) is 1.81. The molecule has 1 aromatic rings. The van der Waals surface area contributed by atoms with Crippen molar-refractivity contribution in [1.29, 1.82) is 0 Å². The summed E-state index contributed by atoms with van der Waals surface area (Å²) in [6, 6.07) is 3.84.